The Bertz CT molecular complexity index is 132. The third-order valence-corrected chi connectivity index (χ3v) is 2.62. The van der Waals surface area contributed by atoms with E-state index in [9.17, 15) is 0 Å². The molecule has 0 amide bonds. The molecular formula is C13H27N. The Morgan fingerprint density at radius 3 is 2.43 bits per heavy atom. The fraction of sp³-hybridized carbons (Fsp3) is 0.846. The van der Waals surface area contributed by atoms with E-state index in [0.29, 0.717) is 6.04 Å². The zero-order valence-corrected chi connectivity index (χ0v) is 10.2. The lowest BCUT2D eigenvalue weighted by Gasteiger charge is -2.18. The molecule has 0 spiro atoms. The Labute approximate surface area is 90.0 Å². The third-order valence-electron chi connectivity index (χ3n) is 2.62. The summed E-state index contributed by atoms with van der Waals surface area (Å²) < 4.78 is 0. The average Bonchev–Trinajstić information content (AvgIpc) is 2.21. The van der Waals surface area contributed by atoms with E-state index in [1.165, 1.54) is 31.3 Å². The van der Waals surface area contributed by atoms with Crippen LogP contribution in [0.4, 0.5) is 0 Å². The second kappa shape index (κ2) is 9.26. The highest BCUT2D eigenvalue weighted by atomic mass is 14.9. The Kier molecular flexibility index (Phi) is 9.06. The Morgan fingerprint density at radius 1 is 1.21 bits per heavy atom. The van der Waals surface area contributed by atoms with E-state index < -0.39 is 0 Å². The van der Waals surface area contributed by atoms with Crippen molar-refractivity contribution in [1.29, 1.82) is 0 Å². The highest BCUT2D eigenvalue weighted by molar-refractivity contribution is 4.96. The van der Waals surface area contributed by atoms with Crippen LogP contribution in [0.1, 0.15) is 59.3 Å². The Hall–Kier alpha value is -0.300. The van der Waals surface area contributed by atoms with E-state index >= 15 is 0 Å². The fourth-order valence-corrected chi connectivity index (χ4v) is 1.57. The molecule has 0 saturated carbocycles. The molecule has 0 aromatic rings. The topological polar surface area (TPSA) is 12.0 Å². The maximum atomic E-state index is 4.09. The van der Waals surface area contributed by atoms with Crippen molar-refractivity contribution < 1.29 is 0 Å². The summed E-state index contributed by atoms with van der Waals surface area (Å²) in [7, 11) is 0. The molecule has 1 N–H and O–H groups in total. The minimum absolute atomic E-state index is 0.669. The summed E-state index contributed by atoms with van der Waals surface area (Å²) in [4.78, 5) is 0. The fourth-order valence-electron chi connectivity index (χ4n) is 1.57. The molecule has 14 heavy (non-hydrogen) atoms. The number of nitrogens with one attached hydrogen (secondary N) is 1. The molecule has 0 heterocycles. The van der Waals surface area contributed by atoms with Gasteiger partial charge < -0.3 is 5.32 Å². The molecule has 0 bridgehead atoms. The van der Waals surface area contributed by atoms with Crippen LogP contribution in [-0.4, -0.2) is 12.6 Å². The van der Waals surface area contributed by atoms with Gasteiger partial charge in [0.2, 0.25) is 0 Å². The lowest BCUT2D eigenvalue weighted by molar-refractivity contribution is 0.458. The van der Waals surface area contributed by atoms with Crippen LogP contribution in [0.2, 0.25) is 0 Å². The molecule has 1 nitrogen and oxygen atoms in total. The molecule has 0 saturated heterocycles. The van der Waals surface area contributed by atoms with Crippen LogP contribution in [-0.2, 0) is 0 Å². The molecule has 0 aliphatic rings. The first-order valence-electron chi connectivity index (χ1n) is 6.14. The van der Waals surface area contributed by atoms with Gasteiger partial charge >= 0.3 is 0 Å². The Morgan fingerprint density at radius 2 is 1.93 bits per heavy atom. The van der Waals surface area contributed by atoms with Gasteiger partial charge in [-0.2, -0.15) is 0 Å². The summed E-state index contributed by atoms with van der Waals surface area (Å²) in [5, 5.41) is 3.61. The van der Waals surface area contributed by atoms with Crippen LogP contribution < -0.4 is 5.32 Å². The first kappa shape index (κ1) is 13.7. The van der Waals surface area contributed by atoms with Gasteiger partial charge in [0.15, 0.2) is 0 Å². The normalized spacial score (nSPS) is 12.8. The SMILES string of the molecule is C=C(CC)CC(CCCC)NCCC. The van der Waals surface area contributed by atoms with Crippen LogP contribution in [0, 0.1) is 0 Å². The first-order valence-corrected chi connectivity index (χ1v) is 6.14. The molecule has 0 radical (unpaired) electrons. The standard InChI is InChI=1S/C13H27N/c1-5-8-9-13(14-10-6-2)11-12(4)7-3/h13-14H,4-11H2,1-3H3. The number of hydrogen-bond acceptors (Lipinski definition) is 1. The molecule has 0 aromatic heterocycles. The van der Waals surface area contributed by atoms with Gasteiger partial charge in [0.1, 0.15) is 0 Å². The Balaban J connectivity index is 3.77. The molecule has 1 heteroatoms. The number of hydrogen-bond donors (Lipinski definition) is 1. The van der Waals surface area contributed by atoms with Gasteiger partial charge in [0, 0.05) is 6.04 Å². The molecular weight excluding hydrogens is 170 g/mol. The molecule has 0 fully saturated rings. The van der Waals surface area contributed by atoms with Crippen molar-refractivity contribution in [2.45, 2.75) is 65.3 Å². The molecule has 1 unspecified atom stereocenters. The zero-order chi connectivity index (χ0) is 10.8. The van der Waals surface area contributed by atoms with Gasteiger partial charge in [0.25, 0.3) is 0 Å². The maximum Gasteiger partial charge on any atom is 0.0104 e. The summed E-state index contributed by atoms with van der Waals surface area (Å²) in [6, 6.07) is 0.669. The molecule has 1 atom stereocenters. The van der Waals surface area contributed by atoms with Crippen molar-refractivity contribution in [3.05, 3.63) is 12.2 Å². The van der Waals surface area contributed by atoms with Crippen molar-refractivity contribution >= 4 is 0 Å². The van der Waals surface area contributed by atoms with Gasteiger partial charge in [-0.15, -0.1) is 0 Å². The summed E-state index contributed by atoms with van der Waals surface area (Å²) in [5.41, 5.74) is 1.38. The van der Waals surface area contributed by atoms with Gasteiger partial charge in [0.05, 0.1) is 0 Å². The number of unbranched alkanes of at least 4 members (excludes halogenated alkanes) is 1. The second-order valence-electron chi connectivity index (χ2n) is 4.10. The zero-order valence-electron chi connectivity index (χ0n) is 10.2. The quantitative estimate of drug-likeness (QED) is 0.553. The van der Waals surface area contributed by atoms with Crippen molar-refractivity contribution in [3.63, 3.8) is 0 Å². The van der Waals surface area contributed by atoms with Crippen LogP contribution in [0.15, 0.2) is 12.2 Å². The second-order valence-corrected chi connectivity index (χ2v) is 4.10. The van der Waals surface area contributed by atoms with Gasteiger partial charge in [-0.1, -0.05) is 45.8 Å². The van der Waals surface area contributed by atoms with E-state index in [4.69, 9.17) is 0 Å². The highest BCUT2D eigenvalue weighted by Crippen LogP contribution is 2.12. The third kappa shape index (κ3) is 7.14. The van der Waals surface area contributed by atoms with Gasteiger partial charge in [-0.05, 0) is 32.2 Å². The van der Waals surface area contributed by atoms with E-state index in [-0.39, 0.29) is 0 Å². The van der Waals surface area contributed by atoms with Crippen LogP contribution in [0.5, 0.6) is 0 Å². The van der Waals surface area contributed by atoms with Gasteiger partial charge in [-0.25, -0.2) is 0 Å². The van der Waals surface area contributed by atoms with Gasteiger partial charge in [-0.3, -0.25) is 0 Å². The highest BCUT2D eigenvalue weighted by Gasteiger charge is 2.07. The summed E-state index contributed by atoms with van der Waals surface area (Å²) in [5.74, 6) is 0. The van der Waals surface area contributed by atoms with Crippen molar-refractivity contribution in [1.82, 2.24) is 5.32 Å². The lowest BCUT2D eigenvalue weighted by atomic mass is 10.0. The number of rotatable bonds is 9. The van der Waals surface area contributed by atoms with Crippen molar-refractivity contribution in [2.24, 2.45) is 0 Å². The minimum atomic E-state index is 0.669. The molecule has 84 valence electrons. The summed E-state index contributed by atoms with van der Waals surface area (Å²) >= 11 is 0. The van der Waals surface area contributed by atoms with Crippen LogP contribution in [0.25, 0.3) is 0 Å². The average molecular weight is 197 g/mol. The summed E-state index contributed by atoms with van der Waals surface area (Å²) in [6.45, 7) is 11.9. The monoisotopic (exact) mass is 197 g/mol. The van der Waals surface area contributed by atoms with Crippen LogP contribution in [0.3, 0.4) is 0 Å². The van der Waals surface area contributed by atoms with Crippen molar-refractivity contribution in [2.75, 3.05) is 6.54 Å². The van der Waals surface area contributed by atoms with E-state index in [0.717, 1.165) is 19.4 Å². The van der Waals surface area contributed by atoms with Crippen molar-refractivity contribution in [3.8, 4) is 0 Å². The van der Waals surface area contributed by atoms with E-state index in [2.05, 4.69) is 32.7 Å². The minimum Gasteiger partial charge on any atom is -0.314 e. The smallest absolute Gasteiger partial charge is 0.0104 e. The van der Waals surface area contributed by atoms with Crippen LogP contribution >= 0.6 is 0 Å². The molecule has 0 aromatic carbocycles. The van der Waals surface area contributed by atoms with E-state index in [1.54, 1.807) is 0 Å². The maximum absolute atomic E-state index is 4.09. The molecule has 0 aliphatic heterocycles. The summed E-state index contributed by atoms with van der Waals surface area (Å²) in [6.07, 6.45) is 7.44. The van der Waals surface area contributed by atoms with E-state index in [1.807, 2.05) is 0 Å². The largest absolute Gasteiger partial charge is 0.314 e. The first-order chi connectivity index (χ1) is 6.74. The predicted octanol–water partition coefficient (Wildman–Crippen LogP) is 3.90. The lowest BCUT2D eigenvalue weighted by Crippen LogP contribution is -2.30. The predicted molar refractivity (Wildman–Crippen MR) is 65.7 cm³/mol. The molecule has 0 rings (SSSR count). The molecule has 0 aliphatic carbocycles.